The third-order valence-corrected chi connectivity index (χ3v) is 5.18. The molecule has 1 heterocycles. The van der Waals surface area contributed by atoms with Crippen LogP contribution in [0.1, 0.15) is 35.3 Å². The molecule has 0 saturated carbocycles. The van der Waals surface area contributed by atoms with Crippen molar-refractivity contribution in [1.29, 1.82) is 0 Å². The van der Waals surface area contributed by atoms with Gasteiger partial charge in [-0.25, -0.2) is 0 Å². The molecule has 3 rings (SSSR count). The Hall–Kier alpha value is -2.57. The molecule has 0 bridgehead atoms. The summed E-state index contributed by atoms with van der Waals surface area (Å²) in [6.45, 7) is 3.84. The molecule has 2 aromatic carbocycles. The number of nitrogens with one attached hydrogen (secondary N) is 3. The summed E-state index contributed by atoms with van der Waals surface area (Å²) in [5, 5.41) is 9.30. The van der Waals surface area contributed by atoms with Crippen molar-refractivity contribution in [2.75, 3.05) is 20.2 Å². The number of hydrogen-bond acceptors (Lipinski definition) is 4. The number of hydrogen-bond donors (Lipinski definition) is 3. The van der Waals surface area contributed by atoms with Crippen LogP contribution in [-0.4, -0.2) is 38.1 Å². The van der Waals surface area contributed by atoms with Gasteiger partial charge in [-0.1, -0.05) is 37.3 Å². The number of carbonyl (C=O) groups excluding carboxylic acids is 2. The third-order valence-electron chi connectivity index (χ3n) is 5.18. The summed E-state index contributed by atoms with van der Waals surface area (Å²) >= 11 is 0. The number of carbonyl (C=O) groups is 2. The van der Waals surface area contributed by atoms with E-state index in [1.54, 1.807) is 31.4 Å². The van der Waals surface area contributed by atoms with Crippen LogP contribution >= 0.6 is 12.4 Å². The topological polar surface area (TPSA) is 79.5 Å². The van der Waals surface area contributed by atoms with Crippen molar-refractivity contribution >= 4 is 24.2 Å². The smallest absolute Gasteiger partial charge is 0.252 e. The van der Waals surface area contributed by atoms with Gasteiger partial charge in [0, 0.05) is 18.2 Å². The first-order chi connectivity index (χ1) is 13.6. The summed E-state index contributed by atoms with van der Waals surface area (Å²) in [6.07, 6.45) is 1.01. The molecular weight excluding hydrogens is 390 g/mol. The van der Waals surface area contributed by atoms with Gasteiger partial charge in [0.15, 0.2) is 0 Å². The van der Waals surface area contributed by atoms with Crippen molar-refractivity contribution < 1.29 is 14.3 Å². The predicted octanol–water partition coefficient (Wildman–Crippen LogP) is 2.70. The summed E-state index contributed by atoms with van der Waals surface area (Å²) in [7, 11) is 1.58. The molecule has 6 nitrogen and oxygen atoms in total. The van der Waals surface area contributed by atoms with Crippen LogP contribution in [0.2, 0.25) is 0 Å². The number of halogens is 1. The van der Waals surface area contributed by atoms with Crippen molar-refractivity contribution in [3.05, 3.63) is 65.7 Å². The summed E-state index contributed by atoms with van der Waals surface area (Å²) in [5.74, 6) is 0.557. The van der Waals surface area contributed by atoms with E-state index in [1.165, 1.54) is 0 Å². The molecule has 3 atom stereocenters. The van der Waals surface area contributed by atoms with E-state index in [4.69, 9.17) is 4.74 Å². The number of methoxy groups -OCH3 is 1. The van der Waals surface area contributed by atoms with Crippen LogP contribution in [0.5, 0.6) is 5.75 Å². The second-order valence-electron chi connectivity index (χ2n) is 7.13. The van der Waals surface area contributed by atoms with Crippen molar-refractivity contribution in [2.45, 2.75) is 25.4 Å². The minimum atomic E-state index is -0.759. The summed E-state index contributed by atoms with van der Waals surface area (Å²) < 4.78 is 5.13. The Balaban J connectivity index is 0.00000300. The predicted molar refractivity (Wildman–Crippen MR) is 115 cm³/mol. The number of rotatable bonds is 6. The summed E-state index contributed by atoms with van der Waals surface area (Å²) in [4.78, 5) is 25.8. The van der Waals surface area contributed by atoms with Gasteiger partial charge in [-0.05, 0) is 48.7 Å². The Kier molecular flexibility index (Phi) is 8.49. The molecule has 1 aliphatic rings. The molecule has 7 heteroatoms. The van der Waals surface area contributed by atoms with Crippen LogP contribution in [-0.2, 0) is 4.79 Å². The molecule has 0 aliphatic carbocycles. The van der Waals surface area contributed by atoms with Gasteiger partial charge < -0.3 is 20.7 Å². The van der Waals surface area contributed by atoms with E-state index < -0.39 is 6.04 Å². The van der Waals surface area contributed by atoms with E-state index in [2.05, 4.69) is 22.9 Å². The van der Waals surface area contributed by atoms with Crippen molar-refractivity contribution in [1.82, 2.24) is 16.0 Å². The number of ether oxygens (including phenoxy) is 1. The molecule has 29 heavy (non-hydrogen) atoms. The number of amides is 2. The lowest BCUT2D eigenvalue weighted by Crippen LogP contribution is -2.53. The highest BCUT2D eigenvalue weighted by molar-refractivity contribution is 5.98. The first kappa shape index (κ1) is 22.7. The highest BCUT2D eigenvalue weighted by atomic mass is 35.5. The Bertz CT molecular complexity index is 799. The molecular formula is C22H28ClN3O3. The third kappa shape index (κ3) is 5.95. The monoisotopic (exact) mass is 417 g/mol. The summed E-state index contributed by atoms with van der Waals surface area (Å²) in [5.41, 5.74) is 1.22. The minimum Gasteiger partial charge on any atom is -0.497 e. The second kappa shape index (κ2) is 10.8. The summed E-state index contributed by atoms with van der Waals surface area (Å²) in [6, 6.07) is 15.4. The first-order valence-electron chi connectivity index (χ1n) is 9.59. The largest absolute Gasteiger partial charge is 0.497 e. The van der Waals surface area contributed by atoms with Crippen LogP contribution in [0, 0.1) is 5.92 Å². The highest BCUT2D eigenvalue weighted by Gasteiger charge is 2.28. The molecule has 2 aromatic rings. The Morgan fingerprint density at radius 3 is 2.41 bits per heavy atom. The Labute approximate surface area is 177 Å². The van der Waals surface area contributed by atoms with E-state index in [1.807, 2.05) is 30.3 Å². The van der Waals surface area contributed by atoms with E-state index in [0.717, 1.165) is 25.1 Å². The van der Waals surface area contributed by atoms with E-state index in [9.17, 15) is 9.59 Å². The highest BCUT2D eigenvalue weighted by Crippen LogP contribution is 2.18. The van der Waals surface area contributed by atoms with Crippen LogP contribution in [0.25, 0.3) is 0 Å². The molecule has 1 aliphatic heterocycles. The average molecular weight is 418 g/mol. The van der Waals surface area contributed by atoms with Crippen LogP contribution in [0.3, 0.4) is 0 Å². The average Bonchev–Trinajstić information content (AvgIpc) is 2.74. The zero-order valence-corrected chi connectivity index (χ0v) is 17.5. The fourth-order valence-corrected chi connectivity index (χ4v) is 3.35. The van der Waals surface area contributed by atoms with Gasteiger partial charge in [-0.2, -0.15) is 0 Å². The number of benzene rings is 2. The molecule has 156 valence electrons. The maximum absolute atomic E-state index is 13.1. The molecule has 2 amide bonds. The van der Waals surface area contributed by atoms with E-state index in [0.29, 0.717) is 17.2 Å². The lowest BCUT2D eigenvalue weighted by Gasteiger charge is -2.31. The van der Waals surface area contributed by atoms with Crippen LogP contribution < -0.4 is 20.7 Å². The molecule has 1 fully saturated rings. The second-order valence-corrected chi connectivity index (χ2v) is 7.13. The first-order valence-corrected chi connectivity index (χ1v) is 9.59. The zero-order valence-electron chi connectivity index (χ0n) is 16.7. The minimum absolute atomic E-state index is 0. The van der Waals surface area contributed by atoms with Crippen molar-refractivity contribution in [2.24, 2.45) is 5.92 Å². The van der Waals surface area contributed by atoms with Gasteiger partial charge in [-0.15, -0.1) is 12.4 Å². The molecule has 1 saturated heterocycles. The molecule has 3 N–H and O–H groups in total. The van der Waals surface area contributed by atoms with Gasteiger partial charge in [0.05, 0.1) is 7.11 Å². The van der Waals surface area contributed by atoms with Gasteiger partial charge in [0.25, 0.3) is 5.91 Å². The zero-order chi connectivity index (χ0) is 19.9. The Morgan fingerprint density at radius 1 is 1.10 bits per heavy atom. The molecule has 3 unspecified atom stereocenters. The van der Waals surface area contributed by atoms with E-state index in [-0.39, 0.29) is 30.3 Å². The Morgan fingerprint density at radius 2 is 1.79 bits per heavy atom. The molecule has 0 spiro atoms. The SMILES string of the molecule is COc1ccc(C(=O)NC(C(=O)NC2CNCCC2C)c2ccccc2)cc1.Cl. The lowest BCUT2D eigenvalue weighted by atomic mass is 9.94. The van der Waals surface area contributed by atoms with Gasteiger partial charge in [0.2, 0.25) is 5.91 Å². The van der Waals surface area contributed by atoms with Gasteiger partial charge in [0.1, 0.15) is 11.8 Å². The molecule has 0 aromatic heterocycles. The fourth-order valence-electron chi connectivity index (χ4n) is 3.35. The standard InChI is InChI=1S/C22H27N3O3.ClH/c1-15-12-13-23-14-19(15)24-22(27)20(16-6-4-3-5-7-16)25-21(26)17-8-10-18(28-2)11-9-17;/h3-11,15,19-20,23H,12-14H2,1-2H3,(H,24,27)(H,25,26);1H. The van der Waals surface area contributed by atoms with Gasteiger partial charge >= 0.3 is 0 Å². The van der Waals surface area contributed by atoms with E-state index >= 15 is 0 Å². The van der Waals surface area contributed by atoms with Crippen LogP contribution in [0.4, 0.5) is 0 Å². The maximum Gasteiger partial charge on any atom is 0.252 e. The maximum atomic E-state index is 13.1. The number of piperidine rings is 1. The quantitative estimate of drug-likeness (QED) is 0.675. The molecule has 0 radical (unpaired) electrons. The lowest BCUT2D eigenvalue weighted by molar-refractivity contribution is -0.124. The van der Waals surface area contributed by atoms with Gasteiger partial charge in [-0.3, -0.25) is 9.59 Å². The van der Waals surface area contributed by atoms with Crippen molar-refractivity contribution in [3.63, 3.8) is 0 Å². The fraction of sp³-hybridized carbons (Fsp3) is 0.364. The van der Waals surface area contributed by atoms with Crippen LogP contribution in [0.15, 0.2) is 54.6 Å². The normalized spacial score (nSPS) is 19.4. The van der Waals surface area contributed by atoms with Crippen molar-refractivity contribution in [3.8, 4) is 5.75 Å².